The van der Waals surface area contributed by atoms with Crippen molar-refractivity contribution < 1.29 is 17.9 Å². The van der Waals surface area contributed by atoms with E-state index in [9.17, 15) is 13.2 Å². The van der Waals surface area contributed by atoms with Crippen molar-refractivity contribution in [1.29, 1.82) is 0 Å². The predicted octanol–water partition coefficient (Wildman–Crippen LogP) is 3.49. The molecule has 0 spiro atoms. The summed E-state index contributed by atoms with van der Waals surface area (Å²) in [5, 5.41) is 0.194. The number of aryl methyl sites for hydroxylation is 1. The van der Waals surface area contributed by atoms with E-state index >= 15 is 0 Å². The van der Waals surface area contributed by atoms with E-state index in [0.717, 1.165) is 11.3 Å². The Morgan fingerprint density at radius 3 is 2.43 bits per heavy atom. The van der Waals surface area contributed by atoms with Gasteiger partial charge in [-0.05, 0) is 51.1 Å². The van der Waals surface area contributed by atoms with Crippen LogP contribution in [0.2, 0.25) is 5.02 Å². The number of amides is 1. The summed E-state index contributed by atoms with van der Waals surface area (Å²) >= 11 is 6.14. The Kier molecular flexibility index (Phi) is 7.46. The fourth-order valence-electron chi connectivity index (χ4n) is 2.46. The zero-order valence-corrected chi connectivity index (χ0v) is 18.0. The number of halogens is 1. The average molecular weight is 425 g/mol. The van der Waals surface area contributed by atoms with Crippen LogP contribution in [0.4, 0.5) is 0 Å². The van der Waals surface area contributed by atoms with E-state index in [1.807, 2.05) is 31.2 Å². The quantitative estimate of drug-likeness (QED) is 0.703. The number of benzene rings is 2. The number of likely N-dealkylation sites (N-methyl/N-ethyl adjacent to an activating group) is 1. The van der Waals surface area contributed by atoms with Crippen molar-refractivity contribution in [2.24, 2.45) is 0 Å². The van der Waals surface area contributed by atoms with Crippen LogP contribution in [0, 0.1) is 6.92 Å². The highest BCUT2D eigenvalue weighted by Gasteiger charge is 2.21. The third-order valence-corrected chi connectivity index (χ3v) is 5.92. The lowest BCUT2D eigenvalue weighted by molar-refractivity contribution is 0.0773. The molecule has 2 aromatic rings. The molecule has 0 radical (unpaired) electrons. The Hall–Kier alpha value is -2.09. The Balaban J connectivity index is 2.07. The first-order valence-electron chi connectivity index (χ1n) is 8.87. The highest BCUT2D eigenvalue weighted by Crippen LogP contribution is 2.22. The second-order valence-corrected chi connectivity index (χ2v) is 8.93. The summed E-state index contributed by atoms with van der Waals surface area (Å²) in [6.45, 7) is 6.06. The van der Waals surface area contributed by atoms with Crippen LogP contribution in [-0.2, 0) is 10.0 Å². The minimum atomic E-state index is -3.72. The highest BCUT2D eigenvalue weighted by atomic mass is 35.5. The van der Waals surface area contributed by atoms with Gasteiger partial charge in [0.2, 0.25) is 10.0 Å². The van der Waals surface area contributed by atoms with E-state index in [4.69, 9.17) is 16.3 Å². The van der Waals surface area contributed by atoms with E-state index in [-0.39, 0.29) is 27.4 Å². The molecule has 28 heavy (non-hydrogen) atoms. The SMILES string of the molecule is Cc1ccc(OCCN(C)C(=O)c2cc(S(=O)(=O)NC(C)C)ccc2Cl)cc1. The van der Waals surface area contributed by atoms with Crippen LogP contribution in [0.15, 0.2) is 47.4 Å². The number of sulfonamides is 1. The average Bonchev–Trinajstić information content (AvgIpc) is 2.62. The fraction of sp³-hybridized carbons (Fsp3) is 0.350. The topological polar surface area (TPSA) is 75.7 Å². The first-order chi connectivity index (χ1) is 13.1. The summed E-state index contributed by atoms with van der Waals surface area (Å²) in [6.07, 6.45) is 0. The Bertz CT molecular complexity index is 928. The third kappa shape index (κ3) is 5.95. The lowest BCUT2D eigenvalue weighted by Crippen LogP contribution is -2.32. The summed E-state index contributed by atoms with van der Waals surface area (Å²) in [5.74, 6) is 0.344. The van der Waals surface area contributed by atoms with Crippen molar-refractivity contribution in [2.75, 3.05) is 20.2 Å². The van der Waals surface area contributed by atoms with Crippen LogP contribution >= 0.6 is 11.6 Å². The van der Waals surface area contributed by atoms with E-state index in [1.54, 1.807) is 20.9 Å². The summed E-state index contributed by atoms with van der Waals surface area (Å²) < 4.78 is 32.8. The first kappa shape index (κ1) is 22.2. The van der Waals surface area contributed by atoms with Crippen molar-refractivity contribution in [2.45, 2.75) is 31.7 Å². The van der Waals surface area contributed by atoms with Crippen LogP contribution in [0.1, 0.15) is 29.8 Å². The molecule has 0 aromatic heterocycles. The molecular formula is C20H25ClN2O4S. The number of rotatable bonds is 8. The second-order valence-electron chi connectivity index (χ2n) is 6.81. The Morgan fingerprint density at radius 2 is 1.82 bits per heavy atom. The molecule has 8 heteroatoms. The van der Waals surface area contributed by atoms with Crippen molar-refractivity contribution in [3.05, 3.63) is 58.6 Å². The molecule has 0 aliphatic rings. The van der Waals surface area contributed by atoms with Crippen LogP contribution in [0.3, 0.4) is 0 Å². The zero-order valence-electron chi connectivity index (χ0n) is 16.4. The van der Waals surface area contributed by atoms with E-state index in [2.05, 4.69) is 4.72 Å². The maximum atomic E-state index is 12.7. The molecule has 0 fully saturated rings. The van der Waals surface area contributed by atoms with Crippen molar-refractivity contribution in [3.63, 3.8) is 0 Å². The van der Waals surface area contributed by atoms with Gasteiger partial charge in [-0.1, -0.05) is 29.3 Å². The summed E-state index contributed by atoms with van der Waals surface area (Å²) in [4.78, 5) is 14.2. The van der Waals surface area contributed by atoms with Gasteiger partial charge in [-0.2, -0.15) is 0 Å². The first-order valence-corrected chi connectivity index (χ1v) is 10.7. The molecule has 2 rings (SSSR count). The molecule has 0 aliphatic heterocycles. The maximum Gasteiger partial charge on any atom is 0.255 e. The number of hydrogen-bond acceptors (Lipinski definition) is 4. The van der Waals surface area contributed by atoms with Crippen LogP contribution in [0.25, 0.3) is 0 Å². The molecule has 152 valence electrons. The maximum absolute atomic E-state index is 12.7. The Morgan fingerprint density at radius 1 is 1.18 bits per heavy atom. The van der Waals surface area contributed by atoms with Gasteiger partial charge in [0, 0.05) is 13.1 Å². The van der Waals surface area contributed by atoms with Gasteiger partial charge in [0.05, 0.1) is 22.0 Å². The molecule has 1 N–H and O–H groups in total. The lowest BCUT2D eigenvalue weighted by atomic mass is 10.2. The minimum absolute atomic E-state index is 0.00162. The predicted molar refractivity (Wildman–Crippen MR) is 111 cm³/mol. The van der Waals surface area contributed by atoms with Crippen molar-refractivity contribution in [1.82, 2.24) is 9.62 Å². The number of carbonyl (C=O) groups is 1. The third-order valence-electron chi connectivity index (χ3n) is 3.93. The van der Waals surface area contributed by atoms with Crippen molar-refractivity contribution >= 4 is 27.5 Å². The second kappa shape index (κ2) is 9.41. The molecule has 0 aliphatic carbocycles. The van der Waals surface area contributed by atoms with Crippen LogP contribution in [-0.4, -0.2) is 45.5 Å². The molecule has 0 saturated heterocycles. The van der Waals surface area contributed by atoms with Crippen LogP contribution in [0.5, 0.6) is 5.75 Å². The monoisotopic (exact) mass is 424 g/mol. The minimum Gasteiger partial charge on any atom is -0.492 e. The molecule has 1 amide bonds. The number of carbonyl (C=O) groups excluding carboxylic acids is 1. The number of hydrogen-bond donors (Lipinski definition) is 1. The largest absolute Gasteiger partial charge is 0.492 e. The van der Waals surface area contributed by atoms with Crippen molar-refractivity contribution in [3.8, 4) is 5.75 Å². The molecule has 0 bridgehead atoms. The van der Waals surface area contributed by atoms with Gasteiger partial charge in [0.25, 0.3) is 5.91 Å². The van der Waals surface area contributed by atoms with Gasteiger partial charge in [-0.15, -0.1) is 0 Å². The molecule has 0 saturated carbocycles. The smallest absolute Gasteiger partial charge is 0.255 e. The molecule has 6 nitrogen and oxygen atoms in total. The standard InChI is InChI=1S/C20H25ClN2O4S/c1-14(2)22-28(25,26)17-9-10-19(21)18(13-17)20(24)23(4)11-12-27-16-7-5-15(3)6-8-16/h5-10,13-14,22H,11-12H2,1-4H3. The van der Waals surface area contributed by atoms with Crippen LogP contribution < -0.4 is 9.46 Å². The number of nitrogens with one attached hydrogen (secondary N) is 1. The lowest BCUT2D eigenvalue weighted by Gasteiger charge is -2.19. The normalized spacial score (nSPS) is 11.5. The summed E-state index contributed by atoms with van der Waals surface area (Å²) in [5.41, 5.74) is 1.27. The highest BCUT2D eigenvalue weighted by molar-refractivity contribution is 7.89. The van der Waals surface area contributed by atoms with E-state index < -0.39 is 10.0 Å². The summed E-state index contributed by atoms with van der Waals surface area (Å²) in [6, 6.07) is 11.5. The number of ether oxygens (including phenoxy) is 1. The fourth-order valence-corrected chi connectivity index (χ4v) is 3.93. The van der Waals surface area contributed by atoms with Gasteiger partial charge in [0.1, 0.15) is 12.4 Å². The van der Waals surface area contributed by atoms with Gasteiger partial charge in [0.15, 0.2) is 0 Å². The molecule has 0 unspecified atom stereocenters. The van der Waals surface area contributed by atoms with Gasteiger partial charge >= 0.3 is 0 Å². The Labute approximate surface area is 171 Å². The molecule has 0 atom stereocenters. The molecule has 0 heterocycles. The van der Waals surface area contributed by atoms with Gasteiger partial charge in [-0.3, -0.25) is 4.79 Å². The van der Waals surface area contributed by atoms with Gasteiger partial charge < -0.3 is 9.64 Å². The number of nitrogens with zero attached hydrogens (tertiary/aromatic N) is 1. The molecular weight excluding hydrogens is 400 g/mol. The van der Waals surface area contributed by atoms with E-state index in [1.165, 1.54) is 23.1 Å². The molecule has 2 aromatic carbocycles. The van der Waals surface area contributed by atoms with Gasteiger partial charge in [-0.25, -0.2) is 13.1 Å². The summed E-state index contributed by atoms with van der Waals surface area (Å²) in [7, 11) is -2.10. The van der Waals surface area contributed by atoms with E-state index in [0.29, 0.717) is 13.2 Å². The zero-order chi connectivity index (χ0) is 20.9.